The Morgan fingerprint density at radius 2 is 1.85 bits per heavy atom. The van der Waals surface area contributed by atoms with Crippen molar-refractivity contribution >= 4 is 28.4 Å². The summed E-state index contributed by atoms with van der Waals surface area (Å²) in [5, 5.41) is 0.277. The lowest BCUT2D eigenvalue weighted by molar-refractivity contribution is -0.125. The van der Waals surface area contributed by atoms with E-state index in [-0.39, 0.29) is 17.0 Å². The Morgan fingerprint density at radius 3 is 2.50 bits per heavy atom. The summed E-state index contributed by atoms with van der Waals surface area (Å²) in [6.45, 7) is 1.08. The van der Waals surface area contributed by atoms with Crippen LogP contribution in [0.3, 0.4) is 0 Å². The summed E-state index contributed by atoms with van der Waals surface area (Å²) >= 11 is 0. The molecule has 1 aliphatic rings. The lowest BCUT2D eigenvalue weighted by atomic mass is 10.1. The highest BCUT2D eigenvalue weighted by molar-refractivity contribution is 5.98. The first kappa shape index (κ1) is 23.4. The minimum absolute atomic E-state index is 0.0353. The largest absolute Gasteiger partial charge is 0.493 e. The average molecular weight is 469 g/mol. The zero-order chi connectivity index (χ0) is 24.4. The fourth-order valence-corrected chi connectivity index (χ4v) is 4.25. The molecule has 34 heavy (non-hydrogen) atoms. The molecule has 0 saturated carbocycles. The van der Waals surface area contributed by atoms with Crippen molar-refractivity contribution in [3.05, 3.63) is 46.2 Å². The fraction of sp³-hybridized carbons (Fsp3) is 0.375. The fourth-order valence-electron chi connectivity index (χ4n) is 4.25. The molecule has 1 fully saturated rings. The van der Waals surface area contributed by atoms with Gasteiger partial charge in [-0.2, -0.15) is 4.98 Å². The average Bonchev–Trinajstić information content (AvgIpc) is 3.22. The van der Waals surface area contributed by atoms with Crippen LogP contribution in [0.4, 0.5) is 11.6 Å². The van der Waals surface area contributed by atoms with Crippen molar-refractivity contribution in [1.29, 1.82) is 0 Å². The topological polar surface area (TPSA) is 106 Å². The number of fused-ring (bicyclic) bond motifs is 1. The number of amides is 1. The number of benzene rings is 2. The maximum Gasteiger partial charge on any atom is 0.286 e. The second kappa shape index (κ2) is 9.60. The summed E-state index contributed by atoms with van der Waals surface area (Å²) in [6.07, 6.45) is 0.269. The standard InChI is InChI=1S/C24H28N4O6/c1-27(13-14-7-6-8-15(11-14)28-10-9-17(31-2)23(28)30)24-25-16-12-18(32-3)20(33-4)21(34-5)19(16)22(29)26-24/h6-8,11-12,17H,9-10,13H2,1-5H3,(H,25,26,29). The Balaban J connectivity index is 1.65. The van der Waals surface area contributed by atoms with Gasteiger partial charge < -0.3 is 33.7 Å². The molecule has 1 unspecified atom stereocenters. The van der Waals surface area contributed by atoms with Gasteiger partial charge in [0.2, 0.25) is 11.7 Å². The maximum absolute atomic E-state index is 12.9. The summed E-state index contributed by atoms with van der Waals surface area (Å²) in [6, 6.07) is 9.42. The molecule has 1 aromatic heterocycles. The highest BCUT2D eigenvalue weighted by Gasteiger charge is 2.32. The lowest BCUT2D eigenvalue weighted by Crippen LogP contribution is -2.30. The van der Waals surface area contributed by atoms with Gasteiger partial charge in [0.15, 0.2) is 11.5 Å². The summed E-state index contributed by atoms with van der Waals surface area (Å²) in [5.74, 6) is 1.37. The zero-order valence-corrected chi connectivity index (χ0v) is 19.9. The van der Waals surface area contributed by atoms with Gasteiger partial charge in [0.1, 0.15) is 11.5 Å². The van der Waals surface area contributed by atoms with E-state index < -0.39 is 11.7 Å². The van der Waals surface area contributed by atoms with Crippen molar-refractivity contribution in [2.45, 2.75) is 19.1 Å². The number of aromatic amines is 1. The number of aromatic nitrogens is 2. The van der Waals surface area contributed by atoms with Gasteiger partial charge in [-0.05, 0) is 17.7 Å². The van der Waals surface area contributed by atoms with Gasteiger partial charge in [-0.1, -0.05) is 12.1 Å². The van der Waals surface area contributed by atoms with Crippen LogP contribution < -0.4 is 29.6 Å². The molecule has 2 aromatic carbocycles. The second-order valence-electron chi connectivity index (χ2n) is 7.96. The molecule has 10 heteroatoms. The van der Waals surface area contributed by atoms with Crippen LogP contribution in [-0.2, 0) is 16.1 Å². The predicted octanol–water partition coefficient (Wildman–Crippen LogP) is 2.34. The Hall–Kier alpha value is -3.79. The normalized spacial score (nSPS) is 15.6. The molecule has 1 amide bonds. The lowest BCUT2D eigenvalue weighted by Gasteiger charge is -2.21. The number of hydrogen-bond acceptors (Lipinski definition) is 8. The van der Waals surface area contributed by atoms with E-state index in [1.165, 1.54) is 21.3 Å². The number of carbonyl (C=O) groups excluding carboxylic acids is 1. The quantitative estimate of drug-likeness (QED) is 0.537. The summed E-state index contributed by atoms with van der Waals surface area (Å²) in [5.41, 5.74) is 1.84. The van der Waals surface area contributed by atoms with Crippen LogP contribution in [0.25, 0.3) is 10.9 Å². The van der Waals surface area contributed by atoms with Gasteiger partial charge >= 0.3 is 0 Å². The molecule has 1 atom stereocenters. The third-order valence-corrected chi connectivity index (χ3v) is 5.94. The summed E-state index contributed by atoms with van der Waals surface area (Å²) in [4.78, 5) is 36.4. The molecule has 1 saturated heterocycles. The number of H-pyrrole nitrogens is 1. The molecule has 0 spiro atoms. The molecule has 180 valence electrons. The number of methoxy groups -OCH3 is 4. The smallest absolute Gasteiger partial charge is 0.286 e. The van der Waals surface area contributed by atoms with Crippen molar-refractivity contribution in [1.82, 2.24) is 9.97 Å². The minimum atomic E-state index is -0.449. The first-order chi connectivity index (χ1) is 16.4. The highest BCUT2D eigenvalue weighted by atomic mass is 16.5. The van der Waals surface area contributed by atoms with Crippen LogP contribution in [-0.4, -0.2) is 64.0 Å². The number of anilines is 2. The van der Waals surface area contributed by atoms with Gasteiger partial charge in [-0.25, -0.2) is 0 Å². The van der Waals surface area contributed by atoms with E-state index in [9.17, 15) is 9.59 Å². The Labute approximate surface area is 197 Å². The van der Waals surface area contributed by atoms with Crippen LogP contribution >= 0.6 is 0 Å². The zero-order valence-electron chi connectivity index (χ0n) is 19.9. The van der Waals surface area contributed by atoms with Crippen molar-refractivity contribution in [3.63, 3.8) is 0 Å². The van der Waals surface area contributed by atoms with Crippen LogP contribution in [0.1, 0.15) is 12.0 Å². The second-order valence-corrected chi connectivity index (χ2v) is 7.96. The molecule has 3 aromatic rings. The van der Waals surface area contributed by atoms with Crippen LogP contribution in [0.5, 0.6) is 17.2 Å². The number of carbonyl (C=O) groups is 1. The van der Waals surface area contributed by atoms with Crippen molar-refractivity contribution in [2.24, 2.45) is 0 Å². The Morgan fingerprint density at radius 1 is 1.09 bits per heavy atom. The van der Waals surface area contributed by atoms with Crippen molar-refractivity contribution in [2.75, 3.05) is 51.8 Å². The highest BCUT2D eigenvalue weighted by Crippen LogP contribution is 2.41. The third kappa shape index (κ3) is 4.12. The number of hydrogen-bond donors (Lipinski definition) is 1. The van der Waals surface area contributed by atoms with E-state index in [1.54, 1.807) is 18.1 Å². The third-order valence-electron chi connectivity index (χ3n) is 5.94. The monoisotopic (exact) mass is 468 g/mol. The van der Waals surface area contributed by atoms with Crippen molar-refractivity contribution in [3.8, 4) is 17.2 Å². The van der Waals surface area contributed by atoms with E-state index in [0.717, 1.165) is 11.3 Å². The van der Waals surface area contributed by atoms with E-state index >= 15 is 0 Å². The van der Waals surface area contributed by atoms with Gasteiger partial charge in [-0.15, -0.1) is 0 Å². The van der Waals surface area contributed by atoms with Gasteiger partial charge in [0.05, 0.1) is 26.8 Å². The number of nitrogens with one attached hydrogen (secondary N) is 1. The number of rotatable bonds is 8. The summed E-state index contributed by atoms with van der Waals surface area (Å²) in [7, 11) is 7.84. The molecule has 1 N–H and O–H groups in total. The molecule has 1 aliphatic heterocycles. The van der Waals surface area contributed by atoms with E-state index in [2.05, 4.69) is 9.97 Å². The van der Waals surface area contributed by atoms with Crippen LogP contribution in [0, 0.1) is 0 Å². The predicted molar refractivity (Wildman–Crippen MR) is 128 cm³/mol. The van der Waals surface area contributed by atoms with Gasteiger partial charge in [-0.3, -0.25) is 9.59 Å². The molecule has 0 radical (unpaired) electrons. The van der Waals surface area contributed by atoms with Crippen molar-refractivity contribution < 1.29 is 23.7 Å². The summed E-state index contributed by atoms with van der Waals surface area (Å²) < 4.78 is 21.5. The molecule has 4 rings (SSSR count). The first-order valence-electron chi connectivity index (χ1n) is 10.8. The van der Waals surface area contributed by atoms with E-state index in [1.807, 2.05) is 36.2 Å². The van der Waals surface area contributed by atoms with E-state index in [0.29, 0.717) is 42.5 Å². The first-order valence-corrected chi connectivity index (χ1v) is 10.8. The molecule has 10 nitrogen and oxygen atoms in total. The SMILES string of the molecule is COc1cc2[nH]c(N(C)Cc3cccc(N4CCC(OC)C4=O)c3)nc(=O)c2c(OC)c1OC. The molecule has 0 aliphatic carbocycles. The van der Waals surface area contributed by atoms with Crippen LogP contribution in [0.2, 0.25) is 0 Å². The molecular weight excluding hydrogens is 440 g/mol. The minimum Gasteiger partial charge on any atom is -0.493 e. The number of ether oxygens (including phenoxy) is 4. The molecular formula is C24H28N4O6. The van der Waals surface area contributed by atoms with Gasteiger partial charge in [0.25, 0.3) is 11.5 Å². The molecule has 2 heterocycles. The maximum atomic E-state index is 12.9. The van der Waals surface area contributed by atoms with Crippen LogP contribution in [0.15, 0.2) is 35.1 Å². The van der Waals surface area contributed by atoms with E-state index in [4.69, 9.17) is 18.9 Å². The number of nitrogens with zero attached hydrogens (tertiary/aromatic N) is 3. The molecule has 0 bridgehead atoms. The Bertz CT molecular complexity index is 1270. The Kier molecular flexibility index (Phi) is 6.60. The van der Waals surface area contributed by atoms with Gasteiger partial charge in [0, 0.05) is 45.4 Å².